The Morgan fingerprint density at radius 2 is 2.25 bits per heavy atom. The van der Waals surface area contributed by atoms with Crippen molar-refractivity contribution in [3.8, 4) is 0 Å². The summed E-state index contributed by atoms with van der Waals surface area (Å²) in [6, 6.07) is 0.366. The third kappa shape index (κ3) is 1.95. The molecule has 2 rings (SSSR count). The Labute approximate surface area is 95.2 Å². The van der Waals surface area contributed by atoms with Gasteiger partial charge in [0.15, 0.2) is 0 Å². The third-order valence-electron chi connectivity index (χ3n) is 3.00. The zero-order chi connectivity index (χ0) is 11.7. The molecule has 0 saturated carbocycles. The van der Waals surface area contributed by atoms with Gasteiger partial charge in [-0.25, -0.2) is 0 Å². The molecule has 1 aromatic rings. The molecule has 2 N–H and O–H groups in total. The molecule has 1 aliphatic rings. The van der Waals surface area contributed by atoms with Crippen molar-refractivity contribution in [3.63, 3.8) is 0 Å². The minimum Gasteiger partial charge on any atom is -0.336 e. The van der Waals surface area contributed by atoms with Gasteiger partial charge in [-0.15, -0.1) is 0 Å². The lowest BCUT2D eigenvalue weighted by Gasteiger charge is -2.32. The Kier molecular flexibility index (Phi) is 2.96. The average Bonchev–Trinajstić information content (AvgIpc) is 2.58. The highest BCUT2D eigenvalue weighted by Crippen LogP contribution is 2.13. The normalized spacial score (nSPS) is 21.2. The molecule has 1 aromatic heterocycles. The summed E-state index contributed by atoms with van der Waals surface area (Å²) in [4.78, 5) is 14.2. The number of aryl methyl sites for hydroxylation is 2. The van der Waals surface area contributed by atoms with Crippen molar-refractivity contribution in [1.82, 2.24) is 20.4 Å². The minimum absolute atomic E-state index is 0.0945. The van der Waals surface area contributed by atoms with E-state index in [1.165, 1.54) is 0 Å². The molecule has 1 aliphatic heterocycles. The molecule has 1 saturated heterocycles. The van der Waals surface area contributed by atoms with E-state index in [1.807, 2.05) is 18.7 Å². The summed E-state index contributed by atoms with van der Waals surface area (Å²) >= 11 is 0. The average molecular weight is 222 g/mol. The standard InChI is InChI=1S/C11H18N4O/c1-7-6-15(5-4-12-7)11(16)10-8(2)13-14-9(10)3/h7,12H,4-6H2,1-3H3,(H,13,14)/t7-/m0/s1. The highest BCUT2D eigenvalue weighted by molar-refractivity contribution is 5.96. The summed E-state index contributed by atoms with van der Waals surface area (Å²) in [5.41, 5.74) is 2.37. The second-order valence-electron chi connectivity index (χ2n) is 4.42. The molecule has 88 valence electrons. The van der Waals surface area contributed by atoms with Gasteiger partial charge in [-0.05, 0) is 20.8 Å². The van der Waals surface area contributed by atoms with Gasteiger partial charge >= 0.3 is 0 Å². The smallest absolute Gasteiger partial charge is 0.257 e. The maximum absolute atomic E-state index is 12.3. The summed E-state index contributed by atoms with van der Waals surface area (Å²) in [6.45, 7) is 8.24. The maximum atomic E-state index is 12.3. The highest BCUT2D eigenvalue weighted by Gasteiger charge is 2.25. The lowest BCUT2D eigenvalue weighted by Crippen LogP contribution is -2.51. The number of amides is 1. The molecular weight excluding hydrogens is 204 g/mol. The second kappa shape index (κ2) is 4.25. The van der Waals surface area contributed by atoms with Crippen LogP contribution in [-0.2, 0) is 0 Å². The Bertz CT molecular complexity index is 379. The van der Waals surface area contributed by atoms with Crippen LogP contribution in [0, 0.1) is 13.8 Å². The van der Waals surface area contributed by atoms with Crippen LogP contribution in [0.4, 0.5) is 0 Å². The molecule has 1 fully saturated rings. The number of aromatic nitrogens is 2. The lowest BCUT2D eigenvalue weighted by molar-refractivity contribution is 0.0707. The Morgan fingerprint density at radius 3 is 2.81 bits per heavy atom. The number of hydrogen-bond acceptors (Lipinski definition) is 3. The maximum Gasteiger partial charge on any atom is 0.257 e. The fourth-order valence-electron chi connectivity index (χ4n) is 2.14. The quantitative estimate of drug-likeness (QED) is 0.725. The van der Waals surface area contributed by atoms with Gasteiger partial charge in [0.2, 0.25) is 0 Å². The van der Waals surface area contributed by atoms with E-state index in [2.05, 4.69) is 22.4 Å². The van der Waals surface area contributed by atoms with Crippen LogP contribution in [0.1, 0.15) is 28.7 Å². The molecule has 1 atom stereocenters. The lowest BCUT2D eigenvalue weighted by atomic mass is 10.1. The van der Waals surface area contributed by atoms with Crippen LogP contribution in [0.15, 0.2) is 0 Å². The topological polar surface area (TPSA) is 61.0 Å². The van der Waals surface area contributed by atoms with E-state index in [0.717, 1.165) is 36.6 Å². The van der Waals surface area contributed by atoms with Crippen molar-refractivity contribution in [2.24, 2.45) is 0 Å². The number of rotatable bonds is 1. The molecule has 16 heavy (non-hydrogen) atoms. The summed E-state index contributed by atoms with van der Waals surface area (Å²) < 4.78 is 0. The van der Waals surface area contributed by atoms with Crippen LogP contribution in [0.2, 0.25) is 0 Å². The van der Waals surface area contributed by atoms with Crippen LogP contribution < -0.4 is 5.32 Å². The van der Waals surface area contributed by atoms with Crippen molar-refractivity contribution in [1.29, 1.82) is 0 Å². The molecule has 1 amide bonds. The van der Waals surface area contributed by atoms with Gasteiger partial charge in [-0.3, -0.25) is 9.89 Å². The summed E-state index contributed by atoms with van der Waals surface area (Å²) in [6.07, 6.45) is 0. The predicted molar refractivity (Wildman–Crippen MR) is 61.4 cm³/mol. The molecule has 5 nitrogen and oxygen atoms in total. The van der Waals surface area contributed by atoms with E-state index in [1.54, 1.807) is 0 Å². The minimum atomic E-state index is 0.0945. The van der Waals surface area contributed by atoms with Gasteiger partial charge in [0.05, 0.1) is 11.3 Å². The molecule has 0 spiro atoms. The molecule has 2 heterocycles. The fraction of sp³-hybridized carbons (Fsp3) is 0.636. The first-order valence-electron chi connectivity index (χ1n) is 5.64. The van der Waals surface area contributed by atoms with Crippen molar-refractivity contribution >= 4 is 5.91 Å². The van der Waals surface area contributed by atoms with Gasteiger partial charge in [0.25, 0.3) is 5.91 Å². The fourth-order valence-corrected chi connectivity index (χ4v) is 2.14. The SMILES string of the molecule is Cc1n[nH]c(C)c1C(=O)N1CCN[C@@H](C)C1. The van der Waals surface area contributed by atoms with E-state index in [4.69, 9.17) is 0 Å². The highest BCUT2D eigenvalue weighted by atomic mass is 16.2. The first-order chi connectivity index (χ1) is 7.59. The largest absolute Gasteiger partial charge is 0.336 e. The van der Waals surface area contributed by atoms with Crippen LogP contribution in [-0.4, -0.2) is 46.7 Å². The van der Waals surface area contributed by atoms with Gasteiger partial charge in [0, 0.05) is 31.4 Å². The first-order valence-corrected chi connectivity index (χ1v) is 5.64. The van der Waals surface area contributed by atoms with Gasteiger partial charge < -0.3 is 10.2 Å². The molecular formula is C11H18N4O. The Morgan fingerprint density at radius 1 is 1.50 bits per heavy atom. The van der Waals surface area contributed by atoms with Crippen LogP contribution >= 0.6 is 0 Å². The Balaban J connectivity index is 2.18. The summed E-state index contributed by atoms with van der Waals surface area (Å²) in [7, 11) is 0. The van der Waals surface area contributed by atoms with Crippen molar-refractivity contribution < 1.29 is 4.79 Å². The number of carbonyl (C=O) groups excluding carboxylic acids is 1. The van der Waals surface area contributed by atoms with Crippen LogP contribution in [0.25, 0.3) is 0 Å². The summed E-state index contributed by atoms with van der Waals surface area (Å²) in [5.74, 6) is 0.0945. The third-order valence-corrected chi connectivity index (χ3v) is 3.00. The first kappa shape index (κ1) is 11.1. The van der Waals surface area contributed by atoms with Crippen molar-refractivity contribution in [3.05, 3.63) is 17.0 Å². The molecule has 0 aromatic carbocycles. The van der Waals surface area contributed by atoms with Crippen LogP contribution in [0.3, 0.4) is 0 Å². The van der Waals surface area contributed by atoms with E-state index in [0.29, 0.717) is 6.04 Å². The van der Waals surface area contributed by atoms with Gasteiger partial charge in [0.1, 0.15) is 0 Å². The number of nitrogens with one attached hydrogen (secondary N) is 2. The molecule has 0 unspecified atom stereocenters. The number of hydrogen-bond donors (Lipinski definition) is 2. The Hall–Kier alpha value is -1.36. The zero-order valence-electron chi connectivity index (χ0n) is 10.0. The van der Waals surface area contributed by atoms with E-state index < -0.39 is 0 Å². The monoisotopic (exact) mass is 222 g/mol. The van der Waals surface area contributed by atoms with E-state index in [9.17, 15) is 4.79 Å². The number of nitrogens with zero attached hydrogens (tertiary/aromatic N) is 2. The van der Waals surface area contributed by atoms with Gasteiger partial charge in [-0.2, -0.15) is 5.10 Å². The number of H-pyrrole nitrogens is 1. The predicted octanol–water partition coefficient (Wildman–Crippen LogP) is 0.460. The molecule has 0 radical (unpaired) electrons. The second-order valence-corrected chi connectivity index (χ2v) is 4.42. The van der Waals surface area contributed by atoms with E-state index in [-0.39, 0.29) is 5.91 Å². The molecule has 5 heteroatoms. The van der Waals surface area contributed by atoms with E-state index >= 15 is 0 Å². The zero-order valence-corrected chi connectivity index (χ0v) is 10.0. The summed E-state index contributed by atoms with van der Waals surface area (Å²) in [5, 5.41) is 10.2. The van der Waals surface area contributed by atoms with Crippen molar-refractivity contribution in [2.75, 3.05) is 19.6 Å². The van der Waals surface area contributed by atoms with Crippen molar-refractivity contribution in [2.45, 2.75) is 26.8 Å². The molecule has 0 aliphatic carbocycles. The van der Waals surface area contributed by atoms with Gasteiger partial charge in [-0.1, -0.05) is 0 Å². The van der Waals surface area contributed by atoms with Crippen LogP contribution in [0.5, 0.6) is 0 Å². The molecule has 0 bridgehead atoms. The number of carbonyl (C=O) groups is 1. The number of aromatic amines is 1. The number of piperazine rings is 1.